The number of allylic oxidation sites excluding steroid dienone is 1. The number of aliphatic imine (C=N–C) groups is 1. The number of Topliss-reactive ketones (excluding diaryl/α,β-unsaturated/α-hetero) is 1. The van der Waals surface area contributed by atoms with Crippen molar-refractivity contribution in [3.8, 4) is 6.07 Å². The van der Waals surface area contributed by atoms with E-state index in [1.54, 1.807) is 12.1 Å². The Morgan fingerprint density at radius 2 is 1.91 bits per heavy atom. The highest BCUT2D eigenvalue weighted by molar-refractivity contribution is 7.63. The van der Waals surface area contributed by atoms with E-state index in [1.165, 1.54) is 0 Å². The van der Waals surface area contributed by atoms with Gasteiger partial charge in [0.25, 0.3) is 0 Å². The number of benzene rings is 1. The smallest absolute Gasteiger partial charge is 0.143 e. The van der Waals surface area contributed by atoms with Crippen molar-refractivity contribution in [3.05, 3.63) is 45.5 Å². The van der Waals surface area contributed by atoms with E-state index in [0.29, 0.717) is 22.0 Å². The van der Waals surface area contributed by atoms with Gasteiger partial charge in [0.1, 0.15) is 5.78 Å². The fourth-order valence-corrected chi connectivity index (χ4v) is 3.97. The van der Waals surface area contributed by atoms with Crippen LogP contribution in [0.4, 0.5) is 0 Å². The maximum Gasteiger partial charge on any atom is 0.143 e. The molecule has 1 saturated carbocycles. The summed E-state index contributed by atoms with van der Waals surface area (Å²) in [6.45, 7) is 4.13. The second-order valence-corrected chi connectivity index (χ2v) is 7.75. The zero-order valence-electron chi connectivity index (χ0n) is 13.0. The van der Waals surface area contributed by atoms with Crippen molar-refractivity contribution in [2.75, 3.05) is 0 Å². The highest BCUT2D eigenvalue weighted by atomic mass is 35.5. The van der Waals surface area contributed by atoms with E-state index in [0.717, 1.165) is 17.7 Å². The van der Waals surface area contributed by atoms with Crippen LogP contribution >= 0.6 is 11.6 Å². The molecule has 1 aromatic carbocycles. The van der Waals surface area contributed by atoms with Gasteiger partial charge in [-0.1, -0.05) is 42.6 Å². The number of ketones is 1. The number of nitrogens with zero attached hydrogens (tertiary/aromatic N) is 2. The van der Waals surface area contributed by atoms with Gasteiger partial charge in [-0.2, -0.15) is 5.26 Å². The minimum atomic E-state index is -0.384. The summed E-state index contributed by atoms with van der Waals surface area (Å²) in [6, 6.07) is 9.45. The zero-order chi connectivity index (χ0) is 16.8. The van der Waals surface area contributed by atoms with Gasteiger partial charge < -0.3 is 12.6 Å². The molecule has 3 nitrogen and oxygen atoms in total. The summed E-state index contributed by atoms with van der Waals surface area (Å²) in [7, 11) is 0. The quantitative estimate of drug-likeness (QED) is 0.719. The lowest BCUT2D eigenvalue weighted by atomic mass is 9.64. The minimum Gasteiger partial charge on any atom is -0.759 e. The molecule has 2 atom stereocenters. The summed E-state index contributed by atoms with van der Waals surface area (Å²) in [5.74, 6) is -0.596. The fourth-order valence-electron chi connectivity index (χ4n) is 3.55. The topological polar surface area (TPSA) is 53.2 Å². The van der Waals surface area contributed by atoms with Crippen LogP contribution in [0.3, 0.4) is 0 Å². The molecule has 2 aliphatic rings. The molecule has 1 aliphatic carbocycles. The van der Waals surface area contributed by atoms with Crippen LogP contribution in [0.5, 0.6) is 0 Å². The Labute approximate surface area is 146 Å². The zero-order valence-corrected chi connectivity index (χ0v) is 14.5. The summed E-state index contributed by atoms with van der Waals surface area (Å²) in [5.41, 5.74) is 1.99. The Balaban J connectivity index is 2.14. The average molecular weight is 344 g/mol. The Bertz CT molecular complexity index is 771. The molecule has 0 amide bonds. The molecule has 0 radical (unpaired) electrons. The third-order valence-corrected chi connectivity index (χ3v) is 5.05. The summed E-state index contributed by atoms with van der Waals surface area (Å²) in [5, 5.41) is 10.5. The molecule has 1 fully saturated rings. The molecule has 5 heteroatoms. The Morgan fingerprint density at radius 3 is 2.52 bits per heavy atom. The van der Waals surface area contributed by atoms with Crippen molar-refractivity contribution in [1.82, 2.24) is 0 Å². The Hall–Kier alpha value is -1.70. The molecule has 0 saturated heterocycles. The molecular weight excluding hydrogens is 328 g/mol. The van der Waals surface area contributed by atoms with Gasteiger partial charge >= 0.3 is 0 Å². The number of rotatable bonds is 1. The number of nitriles is 1. The first-order valence-electron chi connectivity index (χ1n) is 7.49. The van der Waals surface area contributed by atoms with Crippen molar-refractivity contribution in [3.63, 3.8) is 0 Å². The third kappa shape index (κ3) is 2.91. The predicted octanol–water partition coefficient (Wildman–Crippen LogP) is 4.17. The Kier molecular flexibility index (Phi) is 4.03. The first-order chi connectivity index (χ1) is 10.8. The molecule has 1 aliphatic heterocycles. The molecule has 0 aromatic heterocycles. The molecule has 1 aromatic rings. The van der Waals surface area contributed by atoms with Crippen LogP contribution in [0.25, 0.3) is 0 Å². The summed E-state index contributed by atoms with van der Waals surface area (Å²) in [4.78, 5) is 17.2. The Morgan fingerprint density at radius 1 is 1.26 bits per heavy atom. The van der Waals surface area contributed by atoms with Gasteiger partial charge in [-0.15, -0.1) is 0 Å². The molecular formula is C18H16ClN2OS-. The van der Waals surface area contributed by atoms with Crippen LogP contribution in [-0.4, -0.2) is 11.5 Å². The lowest BCUT2D eigenvalue weighted by Gasteiger charge is -2.41. The minimum absolute atomic E-state index is 0.114. The largest absolute Gasteiger partial charge is 0.759 e. The first-order valence-corrected chi connectivity index (χ1v) is 8.28. The highest BCUT2D eigenvalue weighted by Gasteiger charge is 2.45. The molecule has 1 heterocycles. The molecule has 0 N–H and O–H groups in total. The molecule has 1 unspecified atom stereocenters. The molecule has 0 bridgehead atoms. The van der Waals surface area contributed by atoms with Crippen LogP contribution in [0, 0.1) is 22.7 Å². The van der Waals surface area contributed by atoms with E-state index in [4.69, 9.17) is 24.2 Å². The monoisotopic (exact) mass is 343 g/mol. The molecule has 118 valence electrons. The maximum absolute atomic E-state index is 12.8. The predicted molar refractivity (Wildman–Crippen MR) is 93.1 cm³/mol. The van der Waals surface area contributed by atoms with E-state index in [1.807, 2.05) is 12.1 Å². The van der Waals surface area contributed by atoms with E-state index in [-0.39, 0.29) is 23.0 Å². The third-order valence-electron chi connectivity index (χ3n) is 4.49. The lowest BCUT2D eigenvalue weighted by molar-refractivity contribution is -0.124. The average Bonchev–Trinajstić information content (AvgIpc) is 2.45. The second kappa shape index (κ2) is 5.74. The van der Waals surface area contributed by atoms with Crippen molar-refractivity contribution in [2.45, 2.75) is 32.6 Å². The summed E-state index contributed by atoms with van der Waals surface area (Å²) >= 11 is 11.3. The van der Waals surface area contributed by atoms with Gasteiger partial charge in [-0.3, -0.25) is 9.79 Å². The number of fused-ring (bicyclic) bond motifs is 1. The van der Waals surface area contributed by atoms with Crippen LogP contribution in [0.2, 0.25) is 5.02 Å². The highest BCUT2D eigenvalue weighted by Crippen LogP contribution is 2.46. The normalized spacial score (nSPS) is 26.3. The standard InChI is InChI=1S/C18H17ClN2OS/c1-18(2)7-13-16(14(22)8-18)15(12(9-20)17(23)21-13)10-3-5-11(19)6-4-10/h3-6,15-16,23H,7-8H2,1-2H3/p-1/t15-,16?/m0/s1. The fraction of sp³-hybridized carbons (Fsp3) is 0.389. The summed E-state index contributed by atoms with van der Waals surface area (Å²) in [6.07, 6.45) is 1.22. The van der Waals surface area contributed by atoms with Crippen molar-refractivity contribution in [1.29, 1.82) is 5.26 Å². The van der Waals surface area contributed by atoms with Gasteiger partial charge in [-0.05, 0) is 29.5 Å². The van der Waals surface area contributed by atoms with Crippen LogP contribution in [0.1, 0.15) is 38.2 Å². The number of hydrogen-bond donors (Lipinski definition) is 0. The van der Waals surface area contributed by atoms with Gasteiger partial charge in [0, 0.05) is 28.6 Å². The van der Waals surface area contributed by atoms with Crippen LogP contribution in [0.15, 0.2) is 39.9 Å². The van der Waals surface area contributed by atoms with Gasteiger partial charge in [0.2, 0.25) is 0 Å². The number of carbonyl (C=O) groups is 1. The number of carbonyl (C=O) groups excluding carboxylic acids is 1. The summed E-state index contributed by atoms with van der Waals surface area (Å²) < 4.78 is 0. The van der Waals surface area contributed by atoms with E-state index < -0.39 is 0 Å². The van der Waals surface area contributed by atoms with Gasteiger partial charge in [0.05, 0.1) is 12.0 Å². The molecule has 0 spiro atoms. The van der Waals surface area contributed by atoms with Gasteiger partial charge in [-0.25, -0.2) is 0 Å². The van der Waals surface area contributed by atoms with E-state index in [2.05, 4.69) is 24.9 Å². The second-order valence-electron chi connectivity index (χ2n) is 6.92. The lowest BCUT2D eigenvalue weighted by Crippen LogP contribution is -2.42. The van der Waals surface area contributed by atoms with Crippen molar-refractivity contribution >= 4 is 35.7 Å². The maximum atomic E-state index is 12.8. The van der Waals surface area contributed by atoms with Crippen LogP contribution in [-0.2, 0) is 17.4 Å². The van der Waals surface area contributed by atoms with Crippen molar-refractivity contribution in [2.24, 2.45) is 16.3 Å². The van der Waals surface area contributed by atoms with Crippen molar-refractivity contribution < 1.29 is 4.79 Å². The molecule has 3 rings (SSSR count). The SMILES string of the molecule is CC1(C)CC(=O)C2C(=NC([S-])=C(C#N)[C@@H]2c2ccc(Cl)cc2)C1. The van der Waals surface area contributed by atoms with E-state index >= 15 is 0 Å². The number of halogens is 1. The molecule has 23 heavy (non-hydrogen) atoms. The van der Waals surface area contributed by atoms with Gasteiger partial charge in [0.15, 0.2) is 0 Å². The van der Waals surface area contributed by atoms with E-state index in [9.17, 15) is 10.1 Å². The first kappa shape index (κ1) is 16.2. The number of hydrogen-bond acceptors (Lipinski definition) is 4. The van der Waals surface area contributed by atoms with Crippen LogP contribution < -0.4 is 0 Å².